The number of carbonyl (C=O) groups is 1. The van der Waals surface area contributed by atoms with Gasteiger partial charge in [0.2, 0.25) is 0 Å². The molecule has 2 aromatic heterocycles. The summed E-state index contributed by atoms with van der Waals surface area (Å²) in [5.41, 5.74) is 1.03. The summed E-state index contributed by atoms with van der Waals surface area (Å²) in [6, 6.07) is 19.1. The van der Waals surface area contributed by atoms with Crippen molar-refractivity contribution in [3.8, 4) is 22.8 Å². The Balaban J connectivity index is 1.55. The van der Waals surface area contributed by atoms with Crippen molar-refractivity contribution in [2.24, 2.45) is 0 Å². The van der Waals surface area contributed by atoms with Crippen molar-refractivity contribution in [1.82, 2.24) is 14.8 Å². The monoisotopic (exact) mass is 605 g/mol. The average Bonchev–Trinajstić information content (AvgIpc) is 3.43. The van der Waals surface area contributed by atoms with Gasteiger partial charge in [-0.3, -0.25) is 0 Å². The van der Waals surface area contributed by atoms with Gasteiger partial charge in [-0.15, -0.1) is 0 Å². The summed E-state index contributed by atoms with van der Waals surface area (Å²) in [7, 11) is 0. The van der Waals surface area contributed by atoms with Crippen molar-refractivity contribution >= 4 is 5.97 Å². The smallest absolute Gasteiger partial charge is 0.434 e. The number of pyridine rings is 1. The van der Waals surface area contributed by atoms with E-state index in [2.05, 4.69) is 10.1 Å². The van der Waals surface area contributed by atoms with Crippen LogP contribution < -0.4 is 4.74 Å². The van der Waals surface area contributed by atoms with Crippen molar-refractivity contribution in [1.29, 1.82) is 0 Å². The number of carbonyl (C=O) groups excluding carboxylic acids is 1. The summed E-state index contributed by atoms with van der Waals surface area (Å²) in [6.45, 7) is 3.37. The molecule has 0 bridgehead atoms. The number of esters is 1. The molecule has 0 fully saturated rings. The number of rotatable bonds is 11. The zero-order valence-electron chi connectivity index (χ0n) is 23.4. The molecular formula is C31H29F6N3O3. The maximum absolute atomic E-state index is 14.0. The molecular weight excluding hydrogens is 576 g/mol. The first-order valence-corrected chi connectivity index (χ1v) is 13.5. The standard InChI is InChI=1S/C31H29F6N3O3/c1-3-42-29(41)25-19-38-40(28(25)31(35,36)37)27-11-6-10-26(39-27)24-9-5-4-8-23(24)20(2)18-21-12-14-22(15-13-21)43-17-7-16-30(32,33)34/h4-6,8-15,19-20H,3,7,16-18H2,1-2H3. The minimum Gasteiger partial charge on any atom is -0.494 e. The van der Waals surface area contributed by atoms with Crippen molar-refractivity contribution in [2.45, 2.75) is 51.4 Å². The van der Waals surface area contributed by atoms with Gasteiger partial charge in [0.15, 0.2) is 11.5 Å². The van der Waals surface area contributed by atoms with Gasteiger partial charge in [0.1, 0.15) is 11.3 Å². The fourth-order valence-electron chi connectivity index (χ4n) is 4.65. The lowest BCUT2D eigenvalue weighted by atomic mass is 9.89. The SMILES string of the molecule is CCOC(=O)c1cnn(-c2cccc(-c3ccccc3C(C)Cc3ccc(OCCCC(F)(F)F)cc3)n2)c1C(F)(F)F. The zero-order valence-corrected chi connectivity index (χ0v) is 23.4. The van der Waals surface area contributed by atoms with E-state index in [1.807, 2.05) is 37.3 Å². The Morgan fingerprint density at radius 3 is 2.35 bits per heavy atom. The Hall–Kier alpha value is -4.35. The van der Waals surface area contributed by atoms with E-state index in [9.17, 15) is 31.1 Å². The minimum absolute atomic E-state index is 0.0360. The molecule has 4 aromatic rings. The molecule has 6 nitrogen and oxygen atoms in total. The Bertz CT molecular complexity index is 1530. The molecule has 228 valence electrons. The molecule has 0 amide bonds. The van der Waals surface area contributed by atoms with Crippen molar-refractivity contribution in [3.05, 3.63) is 95.3 Å². The Morgan fingerprint density at radius 1 is 0.953 bits per heavy atom. The van der Waals surface area contributed by atoms with E-state index in [4.69, 9.17) is 9.47 Å². The van der Waals surface area contributed by atoms with Crippen LogP contribution in [-0.2, 0) is 17.3 Å². The molecule has 0 radical (unpaired) electrons. The number of hydrogen-bond acceptors (Lipinski definition) is 5. The number of ether oxygens (including phenoxy) is 2. The van der Waals surface area contributed by atoms with Gasteiger partial charge in [0.05, 0.1) is 25.1 Å². The molecule has 1 unspecified atom stereocenters. The van der Waals surface area contributed by atoms with E-state index >= 15 is 0 Å². The average molecular weight is 606 g/mol. The van der Waals surface area contributed by atoms with Crippen LogP contribution in [0, 0.1) is 0 Å². The lowest BCUT2D eigenvalue weighted by Gasteiger charge is -2.18. The third-order valence-electron chi connectivity index (χ3n) is 6.59. The summed E-state index contributed by atoms with van der Waals surface area (Å²) in [6.07, 6.45) is -8.71. The van der Waals surface area contributed by atoms with Crippen LogP contribution in [-0.4, -0.2) is 40.1 Å². The number of aromatic nitrogens is 3. The summed E-state index contributed by atoms with van der Waals surface area (Å²) in [4.78, 5) is 16.7. The summed E-state index contributed by atoms with van der Waals surface area (Å²) >= 11 is 0. The predicted molar refractivity (Wildman–Crippen MR) is 147 cm³/mol. The summed E-state index contributed by atoms with van der Waals surface area (Å²) in [5.74, 6) is -0.805. The second-order valence-corrected chi connectivity index (χ2v) is 9.82. The molecule has 4 rings (SSSR count). The fraction of sp³-hybridized carbons (Fsp3) is 0.323. The zero-order chi connectivity index (χ0) is 31.2. The second-order valence-electron chi connectivity index (χ2n) is 9.82. The minimum atomic E-state index is -4.90. The van der Waals surface area contributed by atoms with Gasteiger partial charge in [-0.2, -0.15) is 31.4 Å². The first kappa shape index (κ1) is 31.6. The maximum atomic E-state index is 14.0. The molecule has 0 aliphatic heterocycles. The third kappa shape index (κ3) is 8.14. The predicted octanol–water partition coefficient (Wildman–Crippen LogP) is 8.20. The van der Waals surface area contributed by atoms with Crippen LogP contribution in [0.2, 0.25) is 0 Å². The van der Waals surface area contributed by atoms with Gasteiger partial charge in [-0.1, -0.05) is 49.4 Å². The van der Waals surface area contributed by atoms with Crippen LogP contribution in [0.15, 0.2) is 72.9 Å². The van der Waals surface area contributed by atoms with E-state index in [0.29, 0.717) is 28.1 Å². The first-order chi connectivity index (χ1) is 20.4. The number of benzene rings is 2. The molecule has 0 aliphatic carbocycles. The Morgan fingerprint density at radius 2 is 1.67 bits per heavy atom. The maximum Gasteiger partial charge on any atom is 0.434 e. The normalized spacial score (nSPS) is 12.7. The lowest BCUT2D eigenvalue weighted by Crippen LogP contribution is -2.19. The highest BCUT2D eigenvalue weighted by atomic mass is 19.4. The first-order valence-electron chi connectivity index (χ1n) is 13.5. The van der Waals surface area contributed by atoms with Gasteiger partial charge < -0.3 is 9.47 Å². The highest BCUT2D eigenvalue weighted by Crippen LogP contribution is 2.35. The van der Waals surface area contributed by atoms with Gasteiger partial charge in [0.25, 0.3) is 0 Å². The van der Waals surface area contributed by atoms with Crippen molar-refractivity contribution in [3.63, 3.8) is 0 Å². The number of halogens is 6. The van der Waals surface area contributed by atoms with Crippen LogP contribution in [0.4, 0.5) is 26.3 Å². The van der Waals surface area contributed by atoms with Gasteiger partial charge in [-0.25, -0.2) is 14.5 Å². The topological polar surface area (TPSA) is 66.2 Å². The highest BCUT2D eigenvalue weighted by molar-refractivity contribution is 5.90. The van der Waals surface area contributed by atoms with Crippen LogP contribution in [0.25, 0.3) is 17.1 Å². The molecule has 1 atom stereocenters. The molecule has 2 heterocycles. The van der Waals surface area contributed by atoms with E-state index < -0.39 is 36.0 Å². The van der Waals surface area contributed by atoms with Gasteiger partial charge in [0, 0.05) is 12.0 Å². The fourth-order valence-corrected chi connectivity index (χ4v) is 4.65. The molecule has 0 saturated heterocycles. The summed E-state index contributed by atoms with van der Waals surface area (Å²) < 4.78 is 89.8. The number of hydrogen-bond donors (Lipinski definition) is 0. The van der Waals surface area contributed by atoms with E-state index in [1.165, 1.54) is 13.0 Å². The van der Waals surface area contributed by atoms with Crippen LogP contribution in [0.3, 0.4) is 0 Å². The Kier molecular flexibility index (Phi) is 9.77. The quantitative estimate of drug-likeness (QED) is 0.0980. The van der Waals surface area contributed by atoms with Gasteiger partial charge in [-0.05, 0) is 61.1 Å². The Labute approximate surface area is 244 Å². The third-order valence-corrected chi connectivity index (χ3v) is 6.59. The van der Waals surface area contributed by atoms with Crippen molar-refractivity contribution in [2.75, 3.05) is 13.2 Å². The van der Waals surface area contributed by atoms with E-state index in [0.717, 1.165) is 17.3 Å². The molecule has 2 aromatic carbocycles. The van der Waals surface area contributed by atoms with E-state index in [-0.39, 0.29) is 31.4 Å². The molecule has 0 N–H and O–H groups in total. The number of alkyl halides is 6. The molecule has 0 spiro atoms. The summed E-state index contributed by atoms with van der Waals surface area (Å²) in [5, 5.41) is 3.82. The highest BCUT2D eigenvalue weighted by Gasteiger charge is 2.41. The lowest BCUT2D eigenvalue weighted by molar-refractivity contribution is -0.143. The van der Waals surface area contributed by atoms with E-state index in [1.54, 1.807) is 30.3 Å². The molecule has 0 saturated carbocycles. The van der Waals surface area contributed by atoms with Crippen LogP contribution in [0.5, 0.6) is 5.75 Å². The van der Waals surface area contributed by atoms with Crippen LogP contribution >= 0.6 is 0 Å². The van der Waals surface area contributed by atoms with Crippen LogP contribution in [0.1, 0.15) is 59.8 Å². The van der Waals surface area contributed by atoms with Crippen molar-refractivity contribution < 1.29 is 40.6 Å². The molecule has 0 aliphatic rings. The van der Waals surface area contributed by atoms with Gasteiger partial charge >= 0.3 is 18.3 Å². The molecule has 43 heavy (non-hydrogen) atoms. The number of nitrogens with zero attached hydrogens (tertiary/aromatic N) is 3. The molecule has 12 heteroatoms. The second kappa shape index (κ2) is 13.3. The largest absolute Gasteiger partial charge is 0.494 e.